The highest BCUT2D eigenvalue weighted by atomic mass is 16.6. The number of hydrogen-bond acceptors (Lipinski definition) is 5. The number of esters is 1. The van der Waals surface area contributed by atoms with Crippen molar-refractivity contribution in [3.05, 3.63) is 41.6 Å². The van der Waals surface area contributed by atoms with Crippen LogP contribution in [0.25, 0.3) is 10.9 Å². The molecule has 1 atom stereocenters. The zero-order valence-corrected chi connectivity index (χ0v) is 14.3. The third kappa shape index (κ3) is 4.52. The lowest BCUT2D eigenvalue weighted by Crippen LogP contribution is -2.34. The molecule has 0 aliphatic rings. The number of nitrogens with one attached hydrogen (secondary N) is 1. The van der Waals surface area contributed by atoms with E-state index in [9.17, 15) is 14.7 Å². The molecule has 0 saturated heterocycles. The number of ether oxygens (including phenoxy) is 1. The summed E-state index contributed by atoms with van der Waals surface area (Å²) in [7, 11) is 0. The van der Waals surface area contributed by atoms with Crippen LogP contribution >= 0.6 is 0 Å². The Kier molecular flexibility index (Phi) is 5.19. The molecule has 1 unspecified atom stereocenters. The van der Waals surface area contributed by atoms with Crippen LogP contribution in [0.3, 0.4) is 0 Å². The van der Waals surface area contributed by atoms with E-state index in [-0.39, 0.29) is 6.54 Å². The smallest absolute Gasteiger partial charge is 0.325 e. The summed E-state index contributed by atoms with van der Waals surface area (Å²) in [5, 5.41) is 12.9. The van der Waals surface area contributed by atoms with Crippen molar-refractivity contribution < 1.29 is 19.4 Å². The van der Waals surface area contributed by atoms with Crippen LogP contribution in [-0.4, -0.2) is 34.1 Å². The number of nitrogens with zero attached hydrogens (tertiary/aromatic N) is 1. The largest absolute Gasteiger partial charge is 0.459 e. The number of carbonyl (C=O) groups is 2. The second kappa shape index (κ2) is 6.97. The third-order valence-corrected chi connectivity index (χ3v) is 3.31. The minimum Gasteiger partial charge on any atom is -0.459 e. The Morgan fingerprint density at radius 2 is 2.00 bits per heavy atom. The summed E-state index contributed by atoms with van der Waals surface area (Å²) in [4.78, 5) is 28.3. The minimum absolute atomic E-state index is 0.212. The summed E-state index contributed by atoms with van der Waals surface area (Å²) in [6.07, 6.45) is 0.888. The van der Waals surface area contributed by atoms with Crippen LogP contribution in [0.15, 0.2) is 30.5 Å². The van der Waals surface area contributed by atoms with E-state index in [1.54, 1.807) is 52.0 Å². The second-order valence-electron chi connectivity index (χ2n) is 6.58. The Bertz CT molecular complexity index is 763. The van der Waals surface area contributed by atoms with E-state index in [0.29, 0.717) is 22.0 Å². The first-order valence-corrected chi connectivity index (χ1v) is 7.74. The fourth-order valence-corrected chi connectivity index (χ4v) is 2.25. The van der Waals surface area contributed by atoms with E-state index in [2.05, 4.69) is 10.3 Å². The Hall–Kier alpha value is -2.47. The van der Waals surface area contributed by atoms with Crippen LogP contribution in [-0.2, 0) is 9.53 Å². The zero-order valence-electron chi connectivity index (χ0n) is 14.3. The monoisotopic (exact) mass is 330 g/mol. The molecule has 6 heteroatoms. The molecule has 128 valence electrons. The van der Waals surface area contributed by atoms with E-state index in [1.807, 2.05) is 0 Å². The molecular weight excluding hydrogens is 308 g/mol. The maximum Gasteiger partial charge on any atom is 0.325 e. The maximum atomic E-state index is 12.4. The molecule has 2 rings (SSSR count). The molecule has 0 spiro atoms. The van der Waals surface area contributed by atoms with Gasteiger partial charge in [-0.05, 0) is 51.5 Å². The third-order valence-electron chi connectivity index (χ3n) is 3.31. The van der Waals surface area contributed by atoms with E-state index < -0.39 is 23.6 Å². The highest BCUT2D eigenvalue weighted by Gasteiger charge is 2.18. The number of amides is 1. The van der Waals surface area contributed by atoms with Crippen molar-refractivity contribution in [2.45, 2.75) is 39.4 Å². The maximum absolute atomic E-state index is 12.4. The summed E-state index contributed by atoms with van der Waals surface area (Å²) < 4.78 is 5.16. The van der Waals surface area contributed by atoms with Crippen LogP contribution in [0.1, 0.15) is 49.7 Å². The van der Waals surface area contributed by atoms with Crippen molar-refractivity contribution in [3.8, 4) is 0 Å². The summed E-state index contributed by atoms with van der Waals surface area (Å²) >= 11 is 0. The lowest BCUT2D eigenvalue weighted by molar-refractivity contribution is -0.153. The first-order valence-electron chi connectivity index (χ1n) is 7.74. The normalized spacial score (nSPS) is 12.7. The van der Waals surface area contributed by atoms with Gasteiger partial charge in [0.1, 0.15) is 12.1 Å². The van der Waals surface area contributed by atoms with E-state index in [0.717, 1.165) is 0 Å². The summed E-state index contributed by atoms with van der Waals surface area (Å²) in [6, 6.07) is 6.83. The number of pyridine rings is 1. The molecule has 1 heterocycles. The van der Waals surface area contributed by atoms with E-state index in [4.69, 9.17) is 4.74 Å². The molecular formula is C18H22N2O4. The van der Waals surface area contributed by atoms with Gasteiger partial charge in [0.25, 0.3) is 5.91 Å². The molecule has 0 fully saturated rings. The number of aliphatic hydroxyl groups excluding tert-OH is 1. The Morgan fingerprint density at radius 3 is 2.62 bits per heavy atom. The Morgan fingerprint density at radius 1 is 1.29 bits per heavy atom. The van der Waals surface area contributed by atoms with Gasteiger partial charge in [-0.25, -0.2) is 0 Å². The highest BCUT2D eigenvalue weighted by Crippen LogP contribution is 2.22. The number of aromatic nitrogens is 1. The van der Waals surface area contributed by atoms with Crippen LogP contribution in [0.2, 0.25) is 0 Å². The first-order chi connectivity index (χ1) is 11.2. The number of benzene rings is 1. The quantitative estimate of drug-likeness (QED) is 0.840. The summed E-state index contributed by atoms with van der Waals surface area (Å²) in [6.45, 7) is 6.73. The van der Waals surface area contributed by atoms with Gasteiger partial charge in [0.2, 0.25) is 0 Å². The van der Waals surface area contributed by atoms with E-state index >= 15 is 0 Å². The number of hydrogen-bond donors (Lipinski definition) is 2. The van der Waals surface area contributed by atoms with Gasteiger partial charge in [-0.15, -0.1) is 0 Å². The Balaban J connectivity index is 2.20. The van der Waals surface area contributed by atoms with Gasteiger partial charge < -0.3 is 15.2 Å². The van der Waals surface area contributed by atoms with Crippen LogP contribution in [0, 0.1) is 0 Å². The molecule has 24 heavy (non-hydrogen) atoms. The second-order valence-corrected chi connectivity index (χ2v) is 6.58. The summed E-state index contributed by atoms with van der Waals surface area (Å²) in [5.41, 5.74) is 1.13. The molecule has 2 N–H and O–H groups in total. The first kappa shape index (κ1) is 17.9. The van der Waals surface area contributed by atoms with Crippen LogP contribution in [0.5, 0.6) is 0 Å². The predicted octanol–water partition coefficient (Wildman–Crippen LogP) is 2.36. The fraction of sp³-hybridized carbons (Fsp3) is 0.389. The molecule has 2 aromatic rings. The average molecular weight is 330 g/mol. The van der Waals surface area contributed by atoms with Crippen molar-refractivity contribution >= 4 is 22.8 Å². The van der Waals surface area contributed by atoms with Crippen molar-refractivity contribution in [2.75, 3.05) is 6.54 Å². The molecule has 0 saturated carbocycles. The van der Waals surface area contributed by atoms with Gasteiger partial charge in [-0.2, -0.15) is 0 Å². The fourth-order valence-electron chi connectivity index (χ4n) is 2.25. The highest BCUT2D eigenvalue weighted by molar-refractivity contribution is 6.06. The van der Waals surface area contributed by atoms with Crippen LogP contribution in [0.4, 0.5) is 0 Å². The molecule has 1 amide bonds. The van der Waals surface area contributed by atoms with Crippen LogP contribution < -0.4 is 5.32 Å². The molecule has 0 aliphatic heterocycles. The molecule has 6 nitrogen and oxygen atoms in total. The standard InChI is InChI=1S/C18H22N2O4/c1-11(21)12-5-6-15-14(9-12)13(7-8-19-15)17(23)20-10-16(22)24-18(2,3)4/h5-9,11,21H,10H2,1-4H3,(H,20,23). The predicted molar refractivity (Wildman–Crippen MR) is 90.6 cm³/mol. The lowest BCUT2D eigenvalue weighted by Gasteiger charge is -2.19. The lowest BCUT2D eigenvalue weighted by atomic mass is 10.0. The molecule has 0 radical (unpaired) electrons. The van der Waals surface area contributed by atoms with Gasteiger partial charge in [0.05, 0.1) is 17.2 Å². The minimum atomic E-state index is -0.646. The number of carbonyl (C=O) groups excluding carboxylic acids is 2. The van der Waals surface area contributed by atoms with E-state index in [1.165, 1.54) is 6.20 Å². The number of rotatable bonds is 4. The van der Waals surface area contributed by atoms with Crippen molar-refractivity contribution in [2.24, 2.45) is 0 Å². The molecule has 1 aromatic carbocycles. The van der Waals surface area contributed by atoms with Crippen molar-refractivity contribution in [1.29, 1.82) is 0 Å². The van der Waals surface area contributed by atoms with Gasteiger partial charge in [-0.3, -0.25) is 14.6 Å². The van der Waals surface area contributed by atoms with Crippen molar-refractivity contribution in [3.63, 3.8) is 0 Å². The van der Waals surface area contributed by atoms with Gasteiger partial charge in [-0.1, -0.05) is 6.07 Å². The number of aliphatic hydroxyl groups is 1. The average Bonchev–Trinajstić information content (AvgIpc) is 2.49. The SMILES string of the molecule is CC(O)c1ccc2nccc(C(=O)NCC(=O)OC(C)(C)C)c2c1. The number of fused-ring (bicyclic) bond motifs is 1. The Labute approximate surface area is 140 Å². The van der Waals surface area contributed by atoms with Gasteiger partial charge in [0, 0.05) is 11.6 Å². The van der Waals surface area contributed by atoms with Gasteiger partial charge >= 0.3 is 5.97 Å². The molecule has 1 aromatic heterocycles. The van der Waals surface area contributed by atoms with Gasteiger partial charge in [0.15, 0.2) is 0 Å². The zero-order chi connectivity index (χ0) is 17.9. The molecule has 0 aliphatic carbocycles. The summed E-state index contributed by atoms with van der Waals surface area (Å²) in [5.74, 6) is -0.894. The topological polar surface area (TPSA) is 88.5 Å². The van der Waals surface area contributed by atoms with Crippen molar-refractivity contribution in [1.82, 2.24) is 10.3 Å². The molecule has 0 bridgehead atoms.